The summed E-state index contributed by atoms with van der Waals surface area (Å²) in [7, 11) is 0. The molecule has 2 aliphatic heterocycles. The number of nitrogens with zero attached hydrogens (tertiary/aromatic N) is 2. The van der Waals surface area contributed by atoms with Crippen LogP contribution in [0.5, 0.6) is 0 Å². The van der Waals surface area contributed by atoms with Gasteiger partial charge in [-0.2, -0.15) is 0 Å². The zero-order chi connectivity index (χ0) is 22.4. The fourth-order valence-electron chi connectivity index (χ4n) is 4.57. The predicted octanol–water partition coefficient (Wildman–Crippen LogP) is 3.02. The van der Waals surface area contributed by atoms with Gasteiger partial charge in [0.2, 0.25) is 5.91 Å². The van der Waals surface area contributed by atoms with E-state index >= 15 is 0 Å². The molecule has 3 rings (SSSR count). The number of piperidine rings is 2. The van der Waals surface area contributed by atoms with Crippen LogP contribution < -0.4 is 10.6 Å². The highest BCUT2D eigenvalue weighted by Gasteiger charge is 2.38. The van der Waals surface area contributed by atoms with Gasteiger partial charge in [0.05, 0.1) is 0 Å². The average Bonchev–Trinajstić information content (AvgIpc) is 2.77. The van der Waals surface area contributed by atoms with Crippen LogP contribution in [0.15, 0.2) is 30.3 Å². The van der Waals surface area contributed by atoms with Gasteiger partial charge >= 0.3 is 6.03 Å². The van der Waals surface area contributed by atoms with Crippen LogP contribution in [0.25, 0.3) is 0 Å². The number of amides is 4. The Balaban J connectivity index is 1.72. The van der Waals surface area contributed by atoms with E-state index in [9.17, 15) is 14.4 Å². The minimum Gasteiger partial charge on any atom is -0.340 e. The molecule has 2 fully saturated rings. The number of carbonyl (C=O) groups excluding carboxylic acids is 3. The Kier molecular flexibility index (Phi) is 7.93. The molecule has 0 aliphatic carbocycles. The van der Waals surface area contributed by atoms with Crippen LogP contribution in [0.4, 0.5) is 4.79 Å². The Morgan fingerprint density at radius 2 is 1.61 bits per heavy atom. The van der Waals surface area contributed by atoms with E-state index < -0.39 is 6.04 Å². The number of hydrogen-bond acceptors (Lipinski definition) is 3. The van der Waals surface area contributed by atoms with Gasteiger partial charge in [0, 0.05) is 37.3 Å². The first-order valence-corrected chi connectivity index (χ1v) is 11.6. The van der Waals surface area contributed by atoms with Gasteiger partial charge in [0.1, 0.15) is 6.04 Å². The first-order chi connectivity index (χ1) is 14.9. The zero-order valence-corrected chi connectivity index (χ0v) is 19.0. The quantitative estimate of drug-likeness (QED) is 0.756. The molecule has 0 saturated carbocycles. The third-order valence-corrected chi connectivity index (χ3v) is 6.39. The Morgan fingerprint density at radius 3 is 2.23 bits per heavy atom. The summed E-state index contributed by atoms with van der Waals surface area (Å²) in [5.74, 6) is -0.192. The number of urea groups is 1. The van der Waals surface area contributed by atoms with Gasteiger partial charge in [0.15, 0.2) is 0 Å². The predicted molar refractivity (Wildman–Crippen MR) is 121 cm³/mol. The summed E-state index contributed by atoms with van der Waals surface area (Å²) in [6.45, 7) is 7.89. The molecule has 0 radical (unpaired) electrons. The topological polar surface area (TPSA) is 81.8 Å². The Hall–Kier alpha value is -2.57. The fraction of sp³-hybridized carbons (Fsp3) is 0.625. The van der Waals surface area contributed by atoms with Crippen LogP contribution in [0.1, 0.15) is 63.2 Å². The van der Waals surface area contributed by atoms with Gasteiger partial charge in [0.25, 0.3) is 5.91 Å². The molecule has 2 atom stereocenters. The van der Waals surface area contributed by atoms with Crippen molar-refractivity contribution in [1.29, 1.82) is 0 Å². The van der Waals surface area contributed by atoms with E-state index in [4.69, 9.17) is 0 Å². The van der Waals surface area contributed by atoms with Crippen LogP contribution in [0.3, 0.4) is 0 Å². The lowest BCUT2D eigenvalue weighted by Crippen LogP contribution is -2.57. The smallest absolute Gasteiger partial charge is 0.317 e. The van der Waals surface area contributed by atoms with Gasteiger partial charge in [-0.15, -0.1) is 0 Å². The van der Waals surface area contributed by atoms with E-state index in [0.717, 1.165) is 25.8 Å². The van der Waals surface area contributed by atoms with Crippen molar-refractivity contribution in [2.24, 2.45) is 5.92 Å². The van der Waals surface area contributed by atoms with Crippen molar-refractivity contribution in [2.75, 3.05) is 19.6 Å². The van der Waals surface area contributed by atoms with Crippen LogP contribution in [-0.2, 0) is 4.79 Å². The first kappa shape index (κ1) is 23.1. The van der Waals surface area contributed by atoms with Gasteiger partial charge in [-0.05, 0) is 70.9 Å². The molecule has 0 spiro atoms. The lowest BCUT2D eigenvalue weighted by molar-refractivity contribution is -0.138. The van der Waals surface area contributed by atoms with E-state index in [1.54, 1.807) is 17.0 Å². The second-order valence-electron chi connectivity index (χ2n) is 9.12. The standard InChI is InChI=1S/C24H36N4O3/c1-17(2)25-24(31)27-15-12-19(13-16-27)21(23(30)28-14-8-7-9-18(28)3)26-22(29)20-10-5-4-6-11-20/h4-6,10-11,17-19,21H,7-9,12-16H2,1-3H3,(H,25,31)(H,26,29). The molecule has 2 unspecified atom stereocenters. The lowest BCUT2D eigenvalue weighted by Gasteiger charge is -2.40. The zero-order valence-electron chi connectivity index (χ0n) is 19.0. The highest BCUT2D eigenvalue weighted by molar-refractivity contribution is 5.97. The molecule has 2 heterocycles. The molecule has 1 aromatic carbocycles. The molecule has 4 amide bonds. The minimum absolute atomic E-state index is 0.0115. The van der Waals surface area contributed by atoms with E-state index in [0.29, 0.717) is 31.5 Å². The molecule has 7 nitrogen and oxygen atoms in total. The monoisotopic (exact) mass is 428 g/mol. The van der Waals surface area contributed by atoms with E-state index in [1.807, 2.05) is 36.9 Å². The van der Waals surface area contributed by atoms with Crippen LogP contribution in [0.2, 0.25) is 0 Å². The van der Waals surface area contributed by atoms with Crippen molar-refractivity contribution in [2.45, 2.75) is 71.0 Å². The van der Waals surface area contributed by atoms with Crippen molar-refractivity contribution in [1.82, 2.24) is 20.4 Å². The third-order valence-electron chi connectivity index (χ3n) is 6.39. The third kappa shape index (κ3) is 5.99. The molecule has 7 heteroatoms. The SMILES string of the molecule is CC(C)NC(=O)N1CCC(C(NC(=O)c2ccccc2)C(=O)N2CCCCC2C)CC1. The molecule has 2 saturated heterocycles. The Bertz CT molecular complexity index is 759. The molecular formula is C24H36N4O3. The van der Waals surface area contributed by atoms with Gasteiger partial charge < -0.3 is 20.4 Å². The fourth-order valence-corrected chi connectivity index (χ4v) is 4.57. The maximum atomic E-state index is 13.6. The highest BCUT2D eigenvalue weighted by atomic mass is 16.2. The first-order valence-electron chi connectivity index (χ1n) is 11.6. The molecule has 2 aliphatic rings. The maximum absolute atomic E-state index is 13.6. The van der Waals surface area contributed by atoms with E-state index in [1.165, 1.54) is 0 Å². The van der Waals surface area contributed by atoms with Crippen molar-refractivity contribution in [3.63, 3.8) is 0 Å². The van der Waals surface area contributed by atoms with Crippen molar-refractivity contribution in [3.05, 3.63) is 35.9 Å². The van der Waals surface area contributed by atoms with Crippen LogP contribution in [0, 0.1) is 5.92 Å². The molecule has 2 N–H and O–H groups in total. The summed E-state index contributed by atoms with van der Waals surface area (Å²) in [4.78, 5) is 42.5. The summed E-state index contributed by atoms with van der Waals surface area (Å²) in [6, 6.07) is 8.69. The molecule has 31 heavy (non-hydrogen) atoms. The van der Waals surface area contributed by atoms with Gasteiger partial charge in [-0.25, -0.2) is 4.79 Å². The normalized spacial score (nSPS) is 21.0. The van der Waals surface area contributed by atoms with Crippen molar-refractivity contribution < 1.29 is 14.4 Å². The van der Waals surface area contributed by atoms with E-state index in [2.05, 4.69) is 17.6 Å². The Labute approximate surface area is 185 Å². The van der Waals surface area contributed by atoms with Crippen LogP contribution in [-0.4, -0.2) is 65.4 Å². The second-order valence-corrected chi connectivity index (χ2v) is 9.12. The minimum atomic E-state index is -0.566. The van der Waals surface area contributed by atoms with Gasteiger partial charge in [-0.1, -0.05) is 18.2 Å². The molecular weight excluding hydrogens is 392 g/mol. The summed E-state index contributed by atoms with van der Waals surface area (Å²) >= 11 is 0. The summed E-state index contributed by atoms with van der Waals surface area (Å²) in [5, 5.41) is 5.98. The lowest BCUT2D eigenvalue weighted by atomic mass is 9.87. The van der Waals surface area contributed by atoms with Crippen molar-refractivity contribution >= 4 is 17.8 Å². The van der Waals surface area contributed by atoms with E-state index in [-0.39, 0.29) is 35.8 Å². The number of rotatable bonds is 5. The number of nitrogens with one attached hydrogen (secondary N) is 2. The number of hydrogen-bond donors (Lipinski definition) is 2. The Morgan fingerprint density at radius 1 is 0.935 bits per heavy atom. The summed E-state index contributed by atoms with van der Waals surface area (Å²) < 4.78 is 0. The summed E-state index contributed by atoms with van der Waals surface area (Å²) in [6.07, 6.45) is 4.52. The van der Waals surface area contributed by atoms with Crippen LogP contribution >= 0.6 is 0 Å². The largest absolute Gasteiger partial charge is 0.340 e. The second kappa shape index (κ2) is 10.6. The number of benzene rings is 1. The van der Waals surface area contributed by atoms with Gasteiger partial charge in [-0.3, -0.25) is 9.59 Å². The summed E-state index contributed by atoms with van der Waals surface area (Å²) in [5.41, 5.74) is 0.556. The molecule has 0 aromatic heterocycles. The number of likely N-dealkylation sites (tertiary alicyclic amines) is 2. The highest BCUT2D eigenvalue weighted by Crippen LogP contribution is 2.25. The average molecular weight is 429 g/mol. The molecule has 0 bridgehead atoms. The maximum Gasteiger partial charge on any atom is 0.317 e. The molecule has 170 valence electrons. The molecule has 1 aromatic rings. The van der Waals surface area contributed by atoms with Crippen molar-refractivity contribution in [3.8, 4) is 0 Å². The number of carbonyl (C=O) groups is 3.